The van der Waals surface area contributed by atoms with Crippen molar-refractivity contribution in [1.82, 2.24) is 14.9 Å². The molecule has 0 aliphatic rings. The molecule has 0 fully saturated rings. The molecule has 0 saturated heterocycles. The first-order valence-electron chi connectivity index (χ1n) is 8.72. The van der Waals surface area contributed by atoms with Crippen LogP contribution in [0.2, 0.25) is 0 Å². The van der Waals surface area contributed by atoms with Crippen LogP contribution in [0.25, 0.3) is 0 Å². The number of aromatic nitrogens is 2. The van der Waals surface area contributed by atoms with Crippen molar-refractivity contribution in [2.45, 2.75) is 38.8 Å². The lowest BCUT2D eigenvalue weighted by atomic mass is 10.0. The van der Waals surface area contributed by atoms with Crippen LogP contribution in [0, 0.1) is 11.7 Å². The Labute approximate surface area is 156 Å². The largest absolute Gasteiger partial charge is 0.481 e. The molecule has 7 nitrogen and oxygen atoms in total. The molecular weight excluding hydrogens is 353 g/mol. The van der Waals surface area contributed by atoms with Gasteiger partial charge >= 0.3 is 11.9 Å². The van der Waals surface area contributed by atoms with Crippen molar-refractivity contribution < 1.29 is 24.2 Å². The Hall–Kier alpha value is -2.74. The molecule has 8 heteroatoms. The van der Waals surface area contributed by atoms with Gasteiger partial charge in [0.15, 0.2) is 0 Å². The van der Waals surface area contributed by atoms with Crippen molar-refractivity contribution in [3.63, 3.8) is 0 Å². The number of carboxylic acids is 2. The maximum absolute atomic E-state index is 13.9. The second-order valence-electron chi connectivity index (χ2n) is 6.86. The van der Waals surface area contributed by atoms with Crippen LogP contribution < -0.4 is 5.32 Å². The van der Waals surface area contributed by atoms with E-state index in [4.69, 9.17) is 0 Å². The zero-order valence-corrected chi connectivity index (χ0v) is 15.3. The van der Waals surface area contributed by atoms with E-state index < -0.39 is 23.9 Å². The third-order valence-corrected chi connectivity index (χ3v) is 4.27. The summed E-state index contributed by atoms with van der Waals surface area (Å²) in [6, 6.07) is 5.41. The third-order valence-electron chi connectivity index (χ3n) is 4.27. The summed E-state index contributed by atoms with van der Waals surface area (Å²) < 4.78 is 15.5. The van der Waals surface area contributed by atoms with E-state index in [-0.39, 0.29) is 24.8 Å². The van der Waals surface area contributed by atoms with E-state index >= 15 is 0 Å². The molecule has 146 valence electrons. The highest BCUT2D eigenvalue weighted by molar-refractivity contribution is 5.76. The minimum absolute atomic E-state index is 0.0675. The lowest BCUT2D eigenvalue weighted by Gasteiger charge is -2.20. The van der Waals surface area contributed by atoms with Gasteiger partial charge in [0, 0.05) is 18.3 Å². The summed E-state index contributed by atoms with van der Waals surface area (Å²) in [5, 5.41) is 21.8. The zero-order chi connectivity index (χ0) is 20.0. The van der Waals surface area contributed by atoms with E-state index in [0.29, 0.717) is 17.7 Å². The number of imidazole rings is 1. The Morgan fingerprint density at radius 2 is 1.93 bits per heavy atom. The standard InChI is InChI=1S/C19H24FN3O4/c1-12(2)7-16(19(26)27)22-8-14(18(24)25)17-9-21-11-23(17)10-13-5-3-4-6-15(13)20/h3-6,9,11-12,14,16,22H,7-8,10H2,1-2H3,(H,24,25)(H,26,27). The molecule has 2 unspecified atom stereocenters. The topological polar surface area (TPSA) is 104 Å². The zero-order valence-electron chi connectivity index (χ0n) is 15.3. The number of rotatable bonds is 10. The fourth-order valence-corrected chi connectivity index (χ4v) is 2.88. The normalized spacial score (nSPS) is 13.5. The van der Waals surface area contributed by atoms with Crippen molar-refractivity contribution in [2.75, 3.05) is 6.54 Å². The van der Waals surface area contributed by atoms with E-state index in [1.165, 1.54) is 18.6 Å². The molecule has 0 amide bonds. The van der Waals surface area contributed by atoms with Crippen molar-refractivity contribution in [2.24, 2.45) is 5.92 Å². The minimum atomic E-state index is -1.11. The van der Waals surface area contributed by atoms with Crippen LogP contribution in [0.15, 0.2) is 36.8 Å². The van der Waals surface area contributed by atoms with Gasteiger partial charge < -0.3 is 20.1 Å². The first-order chi connectivity index (χ1) is 12.8. The smallest absolute Gasteiger partial charge is 0.320 e. The molecule has 1 aromatic heterocycles. The highest BCUT2D eigenvalue weighted by Crippen LogP contribution is 2.19. The number of hydrogen-bond acceptors (Lipinski definition) is 4. The SMILES string of the molecule is CC(C)CC(NCC(C(=O)O)c1cncn1Cc1ccccc1F)C(=O)O. The molecule has 0 bridgehead atoms. The summed E-state index contributed by atoms with van der Waals surface area (Å²) in [7, 11) is 0. The Kier molecular flexibility index (Phi) is 7.06. The fourth-order valence-electron chi connectivity index (χ4n) is 2.88. The summed E-state index contributed by atoms with van der Waals surface area (Å²) in [6.45, 7) is 3.87. The molecule has 3 N–H and O–H groups in total. The van der Waals surface area contributed by atoms with Crippen molar-refractivity contribution in [1.29, 1.82) is 0 Å². The van der Waals surface area contributed by atoms with Gasteiger partial charge in [-0.2, -0.15) is 0 Å². The number of aliphatic carboxylic acids is 2. The van der Waals surface area contributed by atoms with Crippen LogP contribution in [0.5, 0.6) is 0 Å². The van der Waals surface area contributed by atoms with Crippen LogP contribution in [0.3, 0.4) is 0 Å². The summed E-state index contributed by atoms with van der Waals surface area (Å²) in [5.74, 6) is -3.37. The summed E-state index contributed by atoms with van der Waals surface area (Å²) in [5.41, 5.74) is 0.795. The molecule has 0 aliphatic carbocycles. The van der Waals surface area contributed by atoms with E-state index in [0.717, 1.165) is 0 Å². The van der Waals surface area contributed by atoms with E-state index in [9.17, 15) is 24.2 Å². The van der Waals surface area contributed by atoms with Crippen LogP contribution in [-0.2, 0) is 16.1 Å². The van der Waals surface area contributed by atoms with Gasteiger partial charge in [-0.25, -0.2) is 9.37 Å². The fraction of sp³-hybridized carbons (Fsp3) is 0.421. The van der Waals surface area contributed by atoms with Crippen molar-refractivity contribution in [3.05, 3.63) is 53.9 Å². The highest BCUT2D eigenvalue weighted by atomic mass is 19.1. The molecule has 1 heterocycles. The van der Waals surface area contributed by atoms with Crippen molar-refractivity contribution >= 4 is 11.9 Å². The Balaban J connectivity index is 2.18. The average molecular weight is 377 g/mol. The summed E-state index contributed by atoms with van der Waals surface area (Å²) in [6.07, 6.45) is 3.25. The van der Waals surface area contributed by atoms with Gasteiger partial charge in [-0.3, -0.25) is 9.59 Å². The molecule has 27 heavy (non-hydrogen) atoms. The number of carbonyl (C=O) groups is 2. The molecule has 0 saturated carbocycles. The number of hydrogen-bond donors (Lipinski definition) is 3. The predicted molar refractivity (Wildman–Crippen MR) is 97.0 cm³/mol. The maximum Gasteiger partial charge on any atom is 0.320 e. The number of carboxylic acid groups (broad SMARTS) is 2. The molecule has 1 aromatic carbocycles. The first-order valence-corrected chi connectivity index (χ1v) is 8.72. The van der Waals surface area contributed by atoms with Crippen LogP contribution >= 0.6 is 0 Å². The Morgan fingerprint density at radius 3 is 2.52 bits per heavy atom. The van der Waals surface area contributed by atoms with Gasteiger partial charge in [0.25, 0.3) is 0 Å². The second kappa shape index (κ2) is 9.27. The van der Waals surface area contributed by atoms with Gasteiger partial charge in [-0.1, -0.05) is 32.0 Å². The Morgan fingerprint density at radius 1 is 1.22 bits per heavy atom. The minimum Gasteiger partial charge on any atom is -0.481 e. The molecule has 0 spiro atoms. The van der Waals surface area contributed by atoms with Crippen LogP contribution in [0.4, 0.5) is 4.39 Å². The van der Waals surface area contributed by atoms with E-state index in [2.05, 4.69) is 10.3 Å². The van der Waals surface area contributed by atoms with Gasteiger partial charge in [0.1, 0.15) is 17.8 Å². The molecule has 2 atom stereocenters. The van der Waals surface area contributed by atoms with Gasteiger partial charge in [0.2, 0.25) is 0 Å². The van der Waals surface area contributed by atoms with Gasteiger partial charge in [0.05, 0.1) is 18.6 Å². The summed E-state index contributed by atoms with van der Waals surface area (Å²) >= 11 is 0. The van der Waals surface area contributed by atoms with E-state index in [1.807, 2.05) is 13.8 Å². The van der Waals surface area contributed by atoms with Gasteiger partial charge in [-0.05, 0) is 18.4 Å². The highest BCUT2D eigenvalue weighted by Gasteiger charge is 2.27. The lowest BCUT2D eigenvalue weighted by molar-refractivity contribution is -0.142. The molecule has 0 aliphatic heterocycles. The van der Waals surface area contributed by atoms with E-state index in [1.54, 1.807) is 22.8 Å². The average Bonchev–Trinajstić information content (AvgIpc) is 3.03. The molecular formula is C19H24FN3O4. The third kappa shape index (κ3) is 5.62. The number of nitrogens with zero attached hydrogens (tertiary/aromatic N) is 2. The van der Waals surface area contributed by atoms with Crippen LogP contribution in [0.1, 0.15) is 37.4 Å². The number of nitrogens with one attached hydrogen (secondary N) is 1. The monoisotopic (exact) mass is 377 g/mol. The predicted octanol–water partition coefficient (Wildman–Crippen LogP) is 2.33. The maximum atomic E-state index is 13.9. The molecule has 0 radical (unpaired) electrons. The second-order valence-corrected chi connectivity index (χ2v) is 6.86. The number of benzene rings is 1. The quantitative estimate of drug-likeness (QED) is 0.587. The Bertz CT molecular complexity index is 791. The summed E-state index contributed by atoms with van der Waals surface area (Å²) in [4.78, 5) is 27.1. The van der Waals surface area contributed by atoms with Crippen LogP contribution in [-0.4, -0.2) is 44.3 Å². The number of halogens is 1. The lowest BCUT2D eigenvalue weighted by Crippen LogP contribution is -2.41. The first kappa shape index (κ1) is 20.6. The molecule has 2 rings (SSSR count). The molecule has 2 aromatic rings. The van der Waals surface area contributed by atoms with Gasteiger partial charge in [-0.15, -0.1) is 0 Å². The van der Waals surface area contributed by atoms with Crippen molar-refractivity contribution in [3.8, 4) is 0 Å².